The monoisotopic (exact) mass is 279 g/mol. The summed E-state index contributed by atoms with van der Waals surface area (Å²) in [5.41, 5.74) is 0.874. The van der Waals surface area contributed by atoms with Gasteiger partial charge in [-0.25, -0.2) is 4.39 Å². The maximum Gasteiger partial charge on any atom is 0.253 e. The fourth-order valence-electron chi connectivity index (χ4n) is 2.69. The van der Waals surface area contributed by atoms with Gasteiger partial charge in [-0.05, 0) is 37.0 Å². The molecule has 0 spiro atoms. The average Bonchev–Trinajstić information content (AvgIpc) is 2.69. The smallest absolute Gasteiger partial charge is 0.253 e. The first-order chi connectivity index (χ1) is 9.58. The van der Waals surface area contributed by atoms with Crippen molar-refractivity contribution in [2.45, 2.75) is 57.6 Å². The summed E-state index contributed by atoms with van der Waals surface area (Å²) in [4.78, 5) is 12.1. The summed E-state index contributed by atoms with van der Waals surface area (Å²) in [5.74, 6) is -0.715. The standard InChI is InChI=1S/C16H22FNO2/c1-11-10-12(8-9-14(11)17)15(19)16(20)18-13-6-4-2-3-5-7-13/h8-10,13,15,19H,2-7H2,1H3,(H,18,20). The van der Waals surface area contributed by atoms with Gasteiger partial charge in [0.05, 0.1) is 0 Å². The number of benzene rings is 1. The third kappa shape index (κ3) is 3.79. The number of carbonyl (C=O) groups excluding carboxylic acids is 1. The zero-order valence-corrected chi connectivity index (χ0v) is 11.9. The Bertz CT molecular complexity index is 468. The van der Waals surface area contributed by atoms with E-state index in [2.05, 4.69) is 5.32 Å². The summed E-state index contributed by atoms with van der Waals surface area (Å²) in [6.07, 6.45) is 5.39. The lowest BCUT2D eigenvalue weighted by Crippen LogP contribution is -2.37. The third-order valence-corrected chi connectivity index (χ3v) is 3.95. The molecule has 0 heterocycles. The molecule has 20 heavy (non-hydrogen) atoms. The van der Waals surface area contributed by atoms with Gasteiger partial charge in [-0.1, -0.05) is 37.8 Å². The molecule has 4 heteroatoms. The molecule has 1 fully saturated rings. The Hall–Kier alpha value is -1.42. The molecule has 1 saturated carbocycles. The number of halogens is 1. The van der Waals surface area contributed by atoms with Crippen molar-refractivity contribution in [3.05, 3.63) is 35.1 Å². The van der Waals surface area contributed by atoms with Gasteiger partial charge in [0, 0.05) is 6.04 Å². The van der Waals surface area contributed by atoms with Gasteiger partial charge in [-0.2, -0.15) is 0 Å². The molecule has 0 saturated heterocycles. The highest BCUT2D eigenvalue weighted by Crippen LogP contribution is 2.20. The van der Waals surface area contributed by atoms with E-state index in [4.69, 9.17) is 0 Å². The zero-order chi connectivity index (χ0) is 14.5. The molecule has 110 valence electrons. The van der Waals surface area contributed by atoms with Crippen LogP contribution in [0.1, 0.15) is 55.8 Å². The summed E-state index contributed by atoms with van der Waals surface area (Å²) in [6, 6.07) is 4.42. The van der Waals surface area contributed by atoms with E-state index in [1.54, 1.807) is 6.92 Å². The lowest BCUT2D eigenvalue weighted by atomic mass is 10.0. The van der Waals surface area contributed by atoms with Gasteiger partial charge in [0.2, 0.25) is 0 Å². The van der Waals surface area contributed by atoms with Gasteiger partial charge in [0.15, 0.2) is 6.10 Å². The minimum Gasteiger partial charge on any atom is -0.378 e. The summed E-state index contributed by atoms with van der Waals surface area (Å²) in [5, 5.41) is 13.0. The molecule has 3 nitrogen and oxygen atoms in total. The van der Waals surface area contributed by atoms with Crippen LogP contribution in [0.4, 0.5) is 4.39 Å². The van der Waals surface area contributed by atoms with Gasteiger partial charge in [0.1, 0.15) is 5.82 Å². The fourth-order valence-corrected chi connectivity index (χ4v) is 2.69. The van der Waals surface area contributed by atoms with Crippen LogP contribution in [0, 0.1) is 12.7 Å². The number of amides is 1. The third-order valence-electron chi connectivity index (χ3n) is 3.95. The minimum absolute atomic E-state index is 0.154. The van der Waals surface area contributed by atoms with E-state index in [1.807, 2.05) is 0 Å². The molecule has 1 atom stereocenters. The van der Waals surface area contributed by atoms with Gasteiger partial charge in [-0.15, -0.1) is 0 Å². The number of nitrogens with one attached hydrogen (secondary N) is 1. The first-order valence-corrected chi connectivity index (χ1v) is 7.32. The second-order valence-electron chi connectivity index (χ2n) is 5.61. The molecule has 1 aromatic carbocycles. The van der Waals surface area contributed by atoms with Crippen molar-refractivity contribution in [2.75, 3.05) is 0 Å². The van der Waals surface area contributed by atoms with Crippen LogP contribution in [-0.2, 0) is 4.79 Å². The van der Waals surface area contributed by atoms with E-state index in [-0.39, 0.29) is 17.8 Å². The Morgan fingerprint density at radius 2 is 1.95 bits per heavy atom. The maximum absolute atomic E-state index is 13.2. The van der Waals surface area contributed by atoms with Crippen LogP contribution >= 0.6 is 0 Å². The molecular weight excluding hydrogens is 257 g/mol. The van der Waals surface area contributed by atoms with Crippen molar-refractivity contribution in [3.8, 4) is 0 Å². The lowest BCUT2D eigenvalue weighted by molar-refractivity contribution is -0.130. The van der Waals surface area contributed by atoms with E-state index >= 15 is 0 Å². The highest BCUT2D eigenvalue weighted by atomic mass is 19.1. The highest BCUT2D eigenvalue weighted by molar-refractivity contribution is 5.82. The fraction of sp³-hybridized carbons (Fsp3) is 0.562. The number of aliphatic hydroxyl groups excluding tert-OH is 1. The number of rotatable bonds is 3. The second-order valence-corrected chi connectivity index (χ2v) is 5.61. The van der Waals surface area contributed by atoms with Crippen molar-refractivity contribution >= 4 is 5.91 Å². The molecule has 1 unspecified atom stereocenters. The molecule has 0 bridgehead atoms. The lowest BCUT2D eigenvalue weighted by Gasteiger charge is -2.19. The number of carbonyl (C=O) groups is 1. The largest absolute Gasteiger partial charge is 0.378 e. The molecule has 1 aliphatic rings. The quantitative estimate of drug-likeness (QED) is 0.836. The zero-order valence-electron chi connectivity index (χ0n) is 11.9. The molecular formula is C16H22FNO2. The predicted octanol–water partition coefficient (Wildman–Crippen LogP) is 3.01. The predicted molar refractivity (Wildman–Crippen MR) is 75.7 cm³/mol. The number of hydrogen-bond donors (Lipinski definition) is 2. The van der Waals surface area contributed by atoms with Crippen molar-refractivity contribution in [1.29, 1.82) is 0 Å². The van der Waals surface area contributed by atoms with Crippen LogP contribution in [0.15, 0.2) is 18.2 Å². The van der Waals surface area contributed by atoms with Crippen molar-refractivity contribution in [1.82, 2.24) is 5.32 Å². The maximum atomic E-state index is 13.2. The van der Waals surface area contributed by atoms with Gasteiger partial charge in [-0.3, -0.25) is 4.79 Å². The van der Waals surface area contributed by atoms with E-state index in [1.165, 1.54) is 31.0 Å². The highest BCUT2D eigenvalue weighted by Gasteiger charge is 2.22. The molecule has 2 N–H and O–H groups in total. The second kappa shape index (κ2) is 6.84. The number of aryl methyl sites for hydroxylation is 1. The Labute approximate surface area is 119 Å². The molecule has 0 radical (unpaired) electrons. The summed E-state index contributed by atoms with van der Waals surface area (Å²) in [6.45, 7) is 1.62. The first-order valence-electron chi connectivity index (χ1n) is 7.32. The Morgan fingerprint density at radius 3 is 2.55 bits per heavy atom. The SMILES string of the molecule is Cc1cc(C(O)C(=O)NC2CCCCCC2)ccc1F. The summed E-state index contributed by atoms with van der Waals surface area (Å²) < 4.78 is 13.2. The van der Waals surface area contributed by atoms with Gasteiger partial charge in [0.25, 0.3) is 5.91 Å². The normalized spacial score (nSPS) is 18.4. The topological polar surface area (TPSA) is 49.3 Å². The van der Waals surface area contributed by atoms with E-state index in [0.717, 1.165) is 25.7 Å². The van der Waals surface area contributed by atoms with Crippen molar-refractivity contribution in [3.63, 3.8) is 0 Å². The van der Waals surface area contributed by atoms with E-state index in [9.17, 15) is 14.3 Å². The molecule has 2 rings (SSSR count). The van der Waals surface area contributed by atoms with Gasteiger partial charge < -0.3 is 10.4 Å². The summed E-state index contributed by atoms with van der Waals surface area (Å²) >= 11 is 0. The van der Waals surface area contributed by atoms with Crippen LogP contribution in [-0.4, -0.2) is 17.1 Å². The van der Waals surface area contributed by atoms with Crippen molar-refractivity contribution in [2.24, 2.45) is 0 Å². The van der Waals surface area contributed by atoms with Crippen molar-refractivity contribution < 1.29 is 14.3 Å². The molecule has 1 aliphatic carbocycles. The molecule has 0 aliphatic heterocycles. The minimum atomic E-state index is -1.22. The van der Waals surface area contributed by atoms with Gasteiger partial charge >= 0.3 is 0 Å². The Kier molecular flexibility index (Phi) is 5.12. The first kappa shape index (κ1) is 15.0. The van der Waals surface area contributed by atoms with Crippen LogP contribution in [0.3, 0.4) is 0 Å². The van der Waals surface area contributed by atoms with E-state index < -0.39 is 6.10 Å². The van der Waals surface area contributed by atoms with Crippen LogP contribution in [0.25, 0.3) is 0 Å². The Balaban J connectivity index is 1.98. The average molecular weight is 279 g/mol. The molecule has 1 amide bonds. The number of hydrogen-bond acceptors (Lipinski definition) is 2. The number of aliphatic hydroxyl groups is 1. The Morgan fingerprint density at radius 1 is 1.30 bits per heavy atom. The summed E-state index contributed by atoms with van der Waals surface area (Å²) in [7, 11) is 0. The van der Waals surface area contributed by atoms with Crippen LogP contribution < -0.4 is 5.32 Å². The molecule has 0 aromatic heterocycles. The van der Waals surface area contributed by atoms with Crippen LogP contribution in [0.2, 0.25) is 0 Å². The van der Waals surface area contributed by atoms with E-state index in [0.29, 0.717) is 11.1 Å². The molecule has 1 aromatic rings. The van der Waals surface area contributed by atoms with Crippen LogP contribution in [0.5, 0.6) is 0 Å².